The van der Waals surface area contributed by atoms with Gasteiger partial charge in [-0.2, -0.15) is 5.26 Å². The van der Waals surface area contributed by atoms with Gasteiger partial charge in [0, 0.05) is 35.7 Å². The van der Waals surface area contributed by atoms with Crippen LogP contribution in [0.25, 0.3) is 17.3 Å². The van der Waals surface area contributed by atoms with E-state index in [2.05, 4.69) is 6.07 Å². The van der Waals surface area contributed by atoms with Crippen molar-refractivity contribution in [2.24, 2.45) is 0 Å². The maximum absolute atomic E-state index is 11.2. The van der Waals surface area contributed by atoms with Crippen LogP contribution in [0.4, 0.5) is 11.4 Å². The quantitative estimate of drug-likeness (QED) is 0.316. The van der Waals surface area contributed by atoms with E-state index in [4.69, 9.17) is 4.74 Å². The molecule has 0 spiro atoms. The van der Waals surface area contributed by atoms with Gasteiger partial charge in [-0.05, 0) is 43.2 Å². The molecule has 0 aliphatic carbocycles. The lowest BCUT2D eigenvalue weighted by Gasteiger charge is -2.14. The Morgan fingerprint density at radius 1 is 1.06 bits per heavy atom. The second-order valence-corrected chi connectivity index (χ2v) is 6.75. The van der Waals surface area contributed by atoms with Crippen LogP contribution in [-0.4, -0.2) is 21.5 Å². The molecule has 3 rings (SSSR count). The van der Waals surface area contributed by atoms with E-state index in [-0.39, 0.29) is 16.9 Å². The molecular weight excluding hydrogens is 400 g/mol. The van der Waals surface area contributed by atoms with Crippen LogP contribution >= 0.6 is 0 Å². The van der Waals surface area contributed by atoms with E-state index in [1.165, 1.54) is 43.5 Å². The fourth-order valence-electron chi connectivity index (χ4n) is 3.39. The molecule has 31 heavy (non-hydrogen) atoms. The zero-order valence-electron chi connectivity index (χ0n) is 17.0. The van der Waals surface area contributed by atoms with Crippen molar-refractivity contribution in [1.82, 2.24) is 4.57 Å². The Morgan fingerprint density at radius 2 is 1.74 bits per heavy atom. The summed E-state index contributed by atoms with van der Waals surface area (Å²) >= 11 is 0. The van der Waals surface area contributed by atoms with Crippen molar-refractivity contribution in [1.29, 1.82) is 5.26 Å². The number of methoxy groups -OCH3 is 1. The fourth-order valence-corrected chi connectivity index (χ4v) is 3.39. The van der Waals surface area contributed by atoms with Crippen molar-refractivity contribution < 1.29 is 14.6 Å². The molecule has 2 aromatic carbocycles. The summed E-state index contributed by atoms with van der Waals surface area (Å²) in [5, 5.41) is 31.9. The SMILES string of the molecule is COc1ccc([N+](=O)[O-])cc1-n1c(C)cc(C=C(C#N)c2cccc([N+](=O)[O-])c2)c1C. The van der Waals surface area contributed by atoms with E-state index in [1.807, 2.05) is 19.9 Å². The third kappa shape index (κ3) is 4.13. The van der Waals surface area contributed by atoms with Crippen LogP contribution in [0.1, 0.15) is 22.5 Å². The summed E-state index contributed by atoms with van der Waals surface area (Å²) in [5.41, 5.74) is 3.22. The van der Waals surface area contributed by atoms with Gasteiger partial charge in [-0.3, -0.25) is 20.2 Å². The summed E-state index contributed by atoms with van der Waals surface area (Å²) < 4.78 is 7.19. The first-order chi connectivity index (χ1) is 14.8. The van der Waals surface area contributed by atoms with Crippen molar-refractivity contribution >= 4 is 23.0 Å². The van der Waals surface area contributed by atoms with Crippen molar-refractivity contribution in [3.8, 4) is 17.5 Å². The van der Waals surface area contributed by atoms with Crippen molar-refractivity contribution in [2.75, 3.05) is 7.11 Å². The molecule has 9 heteroatoms. The zero-order valence-corrected chi connectivity index (χ0v) is 17.0. The second kappa shape index (κ2) is 8.51. The Labute approximate surface area is 177 Å². The molecule has 1 aromatic heterocycles. The van der Waals surface area contributed by atoms with Crippen LogP contribution in [0.3, 0.4) is 0 Å². The van der Waals surface area contributed by atoms with Crippen molar-refractivity contribution in [2.45, 2.75) is 13.8 Å². The number of nitriles is 1. The third-order valence-corrected chi connectivity index (χ3v) is 4.87. The molecule has 0 radical (unpaired) electrons. The molecule has 0 N–H and O–H groups in total. The number of hydrogen-bond donors (Lipinski definition) is 0. The number of allylic oxidation sites excluding steroid dienone is 1. The molecule has 0 unspecified atom stereocenters. The molecule has 3 aromatic rings. The summed E-state index contributed by atoms with van der Waals surface area (Å²) in [5.74, 6) is 0.460. The lowest BCUT2D eigenvalue weighted by molar-refractivity contribution is -0.385. The molecule has 9 nitrogen and oxygen atoms in total. The minimum atomic E-state index is -0.515. The van der Waals surface area contributed by atoms with Gasteiger partial charge < -0.3 is 9.30 Å². The van der Waals surface area contributed by atoms with Gasteiger partial charge in [-0.1, -0.05) is 12.1 Å². The Morgan fingerprint density at radius 3 is 2.35 bits per heavy atom. The molecular formula is C22H18N4O5. The van der Waals surface area contributed by atoms with Crippen LogP contribution < -0.4 is 4.74 Å². The Hall–Kier alpha value is -4.45. The Kier molecular flexibility index (Phi) is 5.83. The molecule has 0 saturated heterocycles. The molecule has 0 aliphatic rings. The van der Waals surface area contributed by atoms with Crippen LogP contribution in [-0.2, 0) is 0 Å². The Bertz CT molecular complexity index is 1270. The van der Waals surface area contributed by atoms with Crippen molar-refractivity contribution in [3.05, 3.63) is 91.3 Å². The number of nitro groups is 2. The number of non-ortho nitro benzene ring substituents is 2. The summed E-state index contributed by atoms with van der Waals surface area (Å²) in [7, 11) is 1.48. The van der Waals surface area contributed by atoms with Crippen LogP contribution in [0.15, 0.2) is 48.5 Å². The molecule has 0 amide bonds. The van der Waals surface area contributed by atoms with Crippen molar-refractivity contribution in [3.63, 3.8) is 0 Å². The first-order valence-electron chi connectivity index (χ1n) is 9.15. The van der Waals surface area contributed by atoms with Gasteiger partial charge in [0.2, 0.25) is 0 Å². The number of rotatable bonds is 6. The van der Waals surface area contributed by atoms with Gasteiger partial charge in [0.15, 0.2) is 0 Å². The minimum Gasteiger partial charge on any atom is -0.495 e. The largest absolute Gasteiger partial charge is 0.495 e. The predicted octanol–water partition coefficient (Wildman–Crippen LogP) is 4.98. The molecule has 1 heterocycles. The Balaban J connectivity index is 2.15. The normalized spacial score (nSPS) is 11.1. The van der Waals surface area contributed by atoms with Crippen LogP contribution in [0.2, 0.25) is 0 Å². The zero-order chi connectivity index (χ0) is 22.7. The average molecular weight is 418 g/mol. The van der Waals surface area contributed by atoms with E-state index in [9.17, 15) is 25.5 Å². The monoisotopic (exact) mass is 418 g/mol. The lowest BCUT2D eigenvalue weighted by atomic mass is 10.0. The highest BCUT2D eigenvalue weighted by molar-refractivity contribution is 5.90. The van der Waals surface area contributed by atoms with Gasteiger partial charge >= 0.3 is 0 Å². The highest BCUT2D eigenvalue weighted by Gasteiger charge is 2.18. The minimum absolute atomic E-state index is 0.0744. The van der Waals surface area contributed by atoms with Gasteiger partial charge in [-0.15, -0.1) is 0 Å². The summed E-state index contributed by atoms with van der Waals surface area (Å²) in [6.07, 6.45) is 1.64. The highest BCUT2D eigenvalue weighted by Crippen LogP contribution is 2.32. The number of hydrogen-bond acceptors (Lipinski definition) is 6. The highest BCUT2D eigenvalue weighted by atomic mass is 16.6. The smallest absolute Gasteiger partial charge is 0.271 e. The fraction of sp³-hybridized carbons (Fsp3) is 0.136. The van der Waals surface area contributed by atoms with Crippen LogP contribution in [0.5, 0.6) is 5.75 Å². The van der Waals surface area contributed by atoms with E-state index in [0.717, 1.165) is 11.4 Å². The molecule has 0 fully saturated rings. The maximum atomic E-state index is 11.2. The van der Waals surface area contributed by atoms with E-state index < -0.39 is 9.85 Å². The van der Waals surface area contributed by atoms with E-state index >= 15 is 0 Å². The number of aromatic nitrogens is 1. The first-order valence-corrected chi connectivity index (χ1v) is 9.15. The summed E-state index contributed by atoms with van der Waals surface area (Å²) in [4.78, 5) is 21.3. The summed E-state index contributed by atoms with van der Waals surface area (Å²) in [6, 6.07) is 14.1. The number of aryl methyl sites for hydroxylation is 1. The molecule has 156 valence electrons. The molecule has 0 atom stereocenters. The van der Waals surface area contributed by atoms with Gasteiger partial charge in [0.25, 0.3) is 11.4 Å². The molecule has 0 saturated carbocycles. The number of benzene rings is 2. The average Bonchev–Trinajstić information content (AvgIpc) is 3.04. The second-order valence-electron chi connectivity index (χ2n) is 6.75. The van der Waals surface area contributed by atoms with Gasteiger partial charge in [-0.25, -0.2) is 0 Å². The third-order valence-electron chi connectivity index (χ3n) is 4.87. The van der Waals surface area contributed by atoms with Gasteiger partial charge in [0.05, 0.1) is 34.3 Å². The van der Waals surface area contributed by atoms with E-state index in [0.29, 0.717) is 22.6 Å². The van der Waals surface area contributed by atoms with Gasteiger partial charge in [0.1, 0.15) is 5.75 Å². The molecule has 0 aliphatic heterocycles. The van der Waals surface area contributed by atoms with E-state index in [1.54, 1.807) is 16.7 Å². The number of nitro benzene ring substituents is 2. The maximum Gasteiger partial charge on any atom is 0.271 e. The summed E-state index contributed by atoms with van der Waals surface area (Å²) in [6.45, 7) is 3.65. The number of nitrogens with zero attached hydrogens (tertiary/aromatic N) is 4. The number of ether oxygens (including phenoxy) is 1. The van der Waals surface area contributed by atoms with Crippen LogP contribution in [0, 0.1) is 45.4 Å². The standard InChI is InChI=1S/C22H18N4O5/c1-14-9-17(10-18(13-23)16-5-4-6-19(11-16)25(27)28)15(2)24(14)21-12-20(26(29)30)7-8-22(21)31-3/h4-12H,1-3H3. The predicted molar refractivity (Wildman–Crippen MR) is 115 cm³/mol. The topological polar surface area (TPSA) is 124 Å². The lowest BCUT2D eigenvalue weighted by Crippen LogP contribution is -2.03. The first kappa shape index (κ1) is 21.3. The molecule has 0 bridgehead atoms.